The van der Waals surface area contributed by atoms with Crippen molar-refractivity contribution in [1.82, 2.24) is 0 Å². The van der Waals surface area contributed by atoms with Crippen molar-refractivity contribution in [1.29, 1.82) is 0 Å². The normalized spacial score (nSPS) is 9.92. The summed E-state index contributed by atoms with van der Waals surface area (Å²) in [7, 11) is -3.67. The fraction of sp³-hybridized carbons (Fsp3) is 0.143. The first-order valence-electron chi connectivity index (χ1n) is 3.22. The molecule has 4 nitrogen and oxygen atoms in total. The van der Waals surface area contributed by atoms with Crippen LogP contribution >= 0.6 is 0 Å². The highest BCUT2D eigenvalue weighted by molar-refractivity contribution is 7.86. The molecule has 0 amide bonds. The number of benzene rings is 1. The fourth-order valence-electron chi connectivity index (χ4n) is 0.534. The number of hydrogen-bond acceptors (Lipinski definition) is 2. The molecule has 1 aromatic rings. The predicted octanol–water partition coefficient (Wildman–Crippen LogP) is 0.144. The Balaban J connectivity index is 0.000000217. The molecule has 0 heterocycles. The third kappa shape index (κ3) is 11.8. The SMILES string of the molecule is Cc1ccccc1.NS(N)(=O)=O. The first kappa shape index (κ1) is 11.1. The van der Waals surface area contributed by atoms with Crippen LogP contribution in [-0.2, 0) is 10.2 Å². The third-order valence-corrected chi connectivity index (χ3v) is 0.940. The topological polar surface area (TPSA) is 86.2 Å². The average Bonchev–Trinajstić information content (AvgIpc) is 1.85. The Morgan fingerprint density at radius 1 is 1.08 bits per heavy atom. The lowest BCUT2D eigenvalue weighted by Crippen LogP contribution is -2.21. The third-order valence-electron chi connectivity index (χ3n) is 0.940. The highest BCUT2D eigenvalue weighted by atomic mass is 32.2. The molecule has 0 aromatic heterocycles. The molecular formula is C7H12N2O2S. The van der Waals surface area contributed by atoms with Gasteiger partial charge in [0.05, 0.1) is 0 Å². The van der Waals surface area contributed by atoms with E-state index in [9.17, 15) is 8.42 Å². The molecule has 12 heavy (non-hydrogen) atoms. The lowest BCUT2D eigenvalue weighted by Gasteiger charge is -1.82. The second-order valence-electron chi connectivity index (χ2n) is 2.24. The lowest BCUT2D eigenvalue weighted by atomic mass is 10.2. The summed E-state index contributed by atoms with van der Waals surface area (Å²) >= 11 is 0. The van der Waals surface area contributed by atoms with Gasteiger partial charge in [0.25, 0.3) is 10.2 Å². The average molecular weight is 188 g/mol. The maximum Gasteiger partial charge on any atom is 0.271 e. The molecule has 0 unspecified atom stereocenters. The van der Waals surface area contributed by atoms with E-state index in [2.05, 4.69) is 29.3 Å². The second-order valence-corrected chi connectivity index (χ2v) is 3.42. The summed E-state index contributed by atoms with van der Waals surface area (Å²) < 4.78 is 18.4. The van der Waals surface area contributed by atoms with Crippen LogP contribution in [0.2, 0.25) is 0 Å². The summed E-state index contributed by atoms with van der Waals surface area (Å²) in [6.45, 7) is 2.08. The van der Waals surface area contributed by atoms with Gasteiger partial charge in [-0.1, -0.05) is 35.9 Å². The van der Waals surface area contributed by atoms with Gasteiger partial charge in [-0.3, -0.25) is 0 Å². The van der Waals surface area contributed by atoms with Crippen LogP contribution < -0.4 is 10.3 Å². The van der Waals surface area contributed by atoms with E-state index in [0.717, 1.165) is 0 Å². The molecule has 0 saturated carbocycles. The molecule has 0 fully saturated rings. The summed E-state index contributed by atoms with van der Waals surface area (Å²) in [5.74, 6) is 0. The summed E-state index contributed by atoms with van der Waals surface area (Å²) in [4.78, 5) is 0. The van der Waals surface area contributed by atoms with Crippen LogP contribution in [0.1, 0.15) is 5.56 Å². The molecule has 0 saturated heterocycles. The first-order chi connectivity index (χ1) is 5.39. The summed E-state index contributed by atoms with van der Waals surface area (Å²) in [6.07, 6.45) is 0. The summed E-state index contributed by atoms with van der Waals surface area (Å²) in [6, 6.07) is 10.3. The van der Waals surface area contributed by atoms with Crippen LogP contribution in [0.5, 0.6) is 0 Å². The van der Waals surface area contributed by atoms with E-state index < -0.39 is 10.2 Å². The van der Waals surface area contributed by atoms with Crippen molar-refractivity contribution in [3.8, 4) is 0 Å². The van der Waals surface area contributed by atoms with Gasteiger partial charge in [-0.05, 0) is 6.92 Å². The van der Waals surface area contributed by atoms with E-state index >= 15 is 0 Å². The molecule has 0 spiro atoms. The van der Waals surface area contributed by atoms with Crippen molar-refractivity contribution in [2.45, 2.75) is 6.92 Å². The molecule has 68 valence electrons. The Hall–Kier alpha value is -0.910. The molecule has 0 bridgehead atoms. The predicted molar refractivity (Wildman–Crippen MR) is 48.5 cm³/mol. The lowest BCUT2D eigenvalue weighted by molar-refractivity contribution is 0.599. The largest absolute Gasteiger partial charge is 0.271 e. The van der Waals surface area contributed by atoms with Gasteiger partial charge in [0, 0.05) is 0 Å². The Kier molecular flexibility index (Phi) is 4.50. The smallest absolute Gasteiger partial charge is 0.216 e. The van der Waals surface area contributed by atoms with Gasteiger partial charge in [-0.2, -0.15) is 8.42 Å². The van der Waals surface area contributed by atoms with Crippen molar-refractivity contribution in [2.24, 2.45) is 10.3 Å². The molecule has 0 aliphatic carbocycles. The Labute approximate surface area is 72.4 Å². The van der Waals surface area contributed by atoms with Crippen molar-refractivity contribution in [3.63, 3.8) is 0 Å². The molecule has 1 aromatic carbocycles. The fourth-order valence-corrected chi connectivity index (χ4v) is 0.534. The van der Waals surface area contributed by atoms with E-state index in [0.29, 0.717) is 0 Å². The molecule has 0 radical (unpaired) electrons. The van der Waals surface area contributed by atoms with Crippen molar-refractivity contribution >= 4 is 10.2 Å². The molecule has 1 rings (SSSR count). The van der Waals surface area contributed by atoms with Crippen molar-refractivity contribution in [2.75, 3.05) is 0 Å². The van der Waals surface area contributed by atoms with E-state index in [-0.39, 0.29) is 0 Å². The molecule has 0 aliphatic rings. The zero-order chi connectivity index (χ0) is 9.61. The van der Waals surface area contributed by atoms with Gasteiger partial charge in [0.2, 0.25) is 0 Å². The van der Waals surface area contributed by atoms with Gasteiger partial charge in [0.15, 0.2) is 0 Å². The molecular weight excluding hydrogens is 176 g/mol. The quantitative estimate of drug-likeness (QED) is 0.607. The Morgan fingerprint density at radius 3 is 1.58 bits per heavy atom. The van der Waals surface area contributed by atoms with E-state index in [1.54, 1.807) is 0 Å². The maximum atomic E-state index is 9.19. The van der Waals surface area contributed by atoms with Gasteiger partial charge >= 0.3 is 0 Å². The highest BCUT2D eigenvalue weighted by Gasteiger charge is 1.78. The standard InChI is InChI=1S/C7H8.H4N2O2S/c1-7-5-3-2-4-6-7;1-5(2,3)4/h2-6H,1H3;(H4,1,2,3,4). The van der Waals surface area contributed by atoms with Crippen LogP contribution in [0.25, 0.3) is 0 Å². The number of nitrogens with two attached hydrogens (primary N) is 2. The molecule has 0 aliphatic heterocycles. The minimum Gasteiger partial charge on any atom is -0.216 e. The highest BCUT2D eigenvalue weighted by Crippen LogP contribution is 1.92. The number of hydrogen-bond donors (Lipinski definition) is 2. The van der Waals surface area contributed by atoms with Gasteiger partial charge < -0.3 is 0 Å². The van der Waals surface area contributed by atoms with Gasteiger partial charge in [0.1, 0.15) is 0 Å². The van der Waals surface area contributed by atoms with Crippen LogP contribution in [0.15, 0.2) is 30.3 Å². The zero-order valence-electron chi connectivity index (χ0n) is 6.77. The minimum absolute atomic E-state index is 1.32. The van der Waals surface area contributed by atoms with E-state index in [1.165, 1.54) is 5.56 Å². The van der Waals surface area contributed by atoms with Gasteiger partial charge in [-0.25, -0.2) is 10.3 Å². The van der Waals surface area contributed by atoms with Crippen molar-refractivity contribution in [3.05, 3.63) is 35.9 Å². The minimum atomic E-state index is -3.67. The first-order valence-corrected chi connectivity index (χ1v) is 4.82. The molecule has 5 heteroatoms. The molecule has 4 N–H and O–H groups in total. The van der Waals surface area contributed by atoms with Crippen LogP contribution in [0, 0.1) is 6.92 Å². The zero-order valence-corrected chi connectivity index (χ0v) is 7.58. The molecule has 0 atom stereocenters. The number of aryl methyl sites for hydroxylation is 1. The van der Waals surface area contributed by atoms with Crippen LogP contribution in [-0.4, -0.2) is 8.42 Å². The van der Waals surface area contributed by atoms with Crippen molar-refractivity contribution < 1.29 is 8.42 Å². The monoisotopic (exact) mass is 188 g/mol. The second kappa shape index (κ2) is 4.87. The summed E-state index contributed by atoms with van der Waals surface area (Å²) in [5.41, 5.74) is 1.32. The Morgan fingerprint density at radius 2 is 1.42 bits per heavy atom. The van der Waals surface area contributed by atoms with E-state index in [1.807, 2.05) is 18.2 Å². The summed E-state index contributed by atoms with van der Waals surface area (Å²) in [5, 5.41) is 8.21. The van der Waals surface area contributed by atoms with Crippen LogP contribution in [0.4, 0.5) is 0 Å². The van der Waals surface area contributed by atoms with Crippen LogP contribution in [0.3, 0.4) is 0 Å². The number of rotatable bonds is 0. The van der Waals surface area contributed by atoms with Gasteiger partial charge in [-0.15, -0.1) is 0 Å². The Bertz CT molecular complexity index is 299. The van der Waals surface area contributed by atoms with E-state index in [4.69, 9.17) is 0 Å². The maximum absolute atomic E-state index is 9.19.